The van der Waals surface area contributed by atoms with Crippen molar-refractivity contribution in [1.82, 2.24) is 9.80 Å². The van der Waals surface area contributed by atoms with Crippen LogP contribution in [0, 0.1) is 6.92 Å². The summed E-state index contributed by atoms with van der Waals surface area (Å²) >= 11 is 6.45. The largest absolute Gasteiger partial charge is 0.444 e. The molecule has 0 radical (unpaired) electrons. The monoisotopic (exact) mass is 469 g/mol. The summed E-state index contributed by atoms with van der Waals surface area (Å²) in [6, 6.07) is 11.8. The van der Waals surface area contributed by atoms with Crippen LogP contribution >= 0.6 is 11.6 Å². The number of rotatable bonds is 3. The van der Waals surface area contributed by atoms with Crippen LogP contribution in [0.3, 0.4) is 0 Å². The molecule has 2 amide bonds. The van der Waals surface area contributed by atoms with Gasteiger partial charge in [0.05, 0.1) is 24.2 Å². The Hall–Kier alpha value is -2.73. The molecule has 2 aromatic carbocycles. The first kappa shape index (κ1) is 23.4. The summed E-state index contributed by atoms with van der Waals surface area (Å²) in [6.45, 7) is 12.5. The molecular formula is C26H32ClN3O3. The summed E-state index contributed by atoms with van der Waals surface area (Å²) in [5, 5.41) is 4.32. The van der Waals surface area contributed by atoms with Crippen LogP contribution in [0.4, 0.5) is 10.5 Å². The number of benzene rings is 2. The van der Waals surface area contributed by atoms with Gasteiger partial charge in [0.2, 0.25) is 0 Å². The number of fused-ring (bicyclic) bond motifs is 1. The van der Waals surface area contributed by atoms with Gasteiger partial charge < -0.3 is 19.9 Å². The molecule has 1 fully saturated rings. The van der Waals surface area contributed by atoms with Crippen LogP contribution in [0.25, 0.3) is 0 Å². The van der Waals surface area contributed by atoms with Crippen molar-refractivity contribution >= 4 is 29.3 Å². The molecule has 0 unspecified atom stereocenters. The highest BCUT2D eigenvalue weighted by molar-refractivity contribution is 6.31. The third-order valence-corrected chi connectivity index (χ3v) is 7.20. The van der Waals surface area contributed by atoms with Gasteiger partial charge in [0.15, 0.2) is 0 Å². The standard InChI is InChI=1S/C26H32ClN3O3/c1-16-19(9-8-10-21(16)27)26(14-30(15-26)23(32)33-24(2,3)4)28-17-11-12-20-18(13-17)22(31)29(7)25(20,5)6/h8-13,28H,14-15H2,1-7H3. The molecule has 33 heavy (non-hydrogen) atoms. The first-order valence-electron chi connectivity index (χ1n) is 11.2. The summed E-state index contributed by atoms with van der Waals surface area (Å²) in [4.78, 5) is 29.0. The number of hydrogen-bond acceptors (Lipinski definition) is 4. The summed E-state index contributed by atoms with van der Waals surface area (Å²) in [6.07, 6.45) is -0.341. The van der Waals surface area contributed by atoms with Gasteiger partial charge in [0, 0.05) is 23.3 Å². The molecular weight excluding hydrogens is 438 g/mol. The van der Waals surface area contributed by atoms with Crippen LogP contribution < -0.4 is 5.32 Å². The highest BCUT2D eigenvalue weighted by atomic mass is 35.5. The van der Waals surface area contributed by atoms with E-state index in [1.807, 2.05) is 85.0 Å². The Kier molecular flexibility index (Phi) is 5.44. The Morgan fingerprint density at radius 1 is 1.12 bits per heavy atom. The lowest BCUT2D eigenvalue weighted by Gasteiger charge is -2.51. The van der Waals surface area contributed by atoms with E-state index in [-0.39, 0.29) is 17.5 Å². The Balaban J connectivity index is 1.68. The minimum absolute atomic E-state index is 0.00984. The number of ether oxygens (including phenoxy) is 1. The first-order chi connectivity index (χ1) is 15.2. The van der Waals surface area contributed by atoms with Gasteiger partial charge in [-0.2, -0.15) is 0 Å². The molecule has 1 saturated heterocycles. The van der Waals surface area contributed by atoms with Crippen molar-refractivity contribution in [2.24, 2.45) is 0 Å². The van der Waals surface area contributed by atoms with Gasteiger partial charge in [-0.1, -0.05) is 29.8 Å². The molecule has 176 valence electrons. The van der Waals surface area contributed by atoms with Gasteiger partial charge in [0.1, 0.15) is 5.60 Å². The smallest absolute Gasteiger partial charge is 0.410 e. The fourth-order valence-corrected chi connectivity index (χ4v) is 4.90. The number of nitrogens with zero attached hydrogens (tertiary/aromatic N) is 2. The maximum atomic E-state index is 12.9. The van der Waals surface area contributed by atoms with E-state index in [9.17, 15) is 9.59 Å². The Bertz CT molecular complexity index is 1130. The minimum atomic E-state index is -0.562. The number of likely N-dealkylation sites (tertiary alicyclic amines) is 1. The molecule has 0 aliphatic carbocycles. The molecule has 2 aliphatic rings. The molecule has 0 aromatic heterocycles. The molecule has 1 N–H and O–H groups in total. The van der Waals surface area contributed by atoms with E-state index in [1.54, 1.807) is 9.80 Å². The molecule has 4 rings (SSSR count). The summed E-state index contributed by atoms with van der Waals surface area (Å²) in [5.74, 6) is 0.00984. The zero-order valence-electron chi connectivity index (χ0n) is 20.4. The Morgan fingerprint density at radius 3 is 2.42 bits per heavy atom. The van der Waals surface area contributed by atoms with Gasteiger partial charge in [-0.25, -0.2) is 4.79 Å². The number of carbonyl (C=O) groups excluding carboxylic acids is 2. The maximum Gasteiger partial charge on any atom is 0.410 e. The van der Waals surface area contributed by atoms with Crippen molar-refractivity contribution in [3.63, 3.8) is 0 Å². The molecule has 7 heteroatoms. The fraction of sp³-hybridized carbons (Fsp3) is 0.462. The molecule has 2 aliphatic heterocycles. The average molecular weight is 470 g/mol. The number of halogens is 1. The second kappa shape index (κ2) is 7.66. The lowest BCUT2D eigenvalue weighted by Crippen LogP contribution is -2.65. The SMILES string of the molecule is Cc1c(Cl)cccc1C1(Nc2ccc3c(c2)C(=O)N(C)C3(C)C)CN(C(=O)OC(C)(C)C)C1. The second-order valence-electron chi connectivity index (χ2n) is 10.6. The average Bonchev–Trinajstić information content (AvgIpc) is 2.85. The van der Waals surface area contributed by atoms with Gasteiger partial charge in [-0.05, 0) is 76.4 Å². The topological polar surface area (TPSA) is 61.9 Å². The van der Waals surface area contributed by atoms with Crippen molar-refractivity contribution in [3.05, 3.63) is 63.7 Å². The minimum Gasteiger partial charge on any atom is -0.444 e. The van der Waals surface area contributed by atoms with Crippen LogP contribution in [0.1, 0.15) is 61.7 Å². The third kappa shape index (κ3) is 3.95. The van der Waals surface area contributed by atoms with Gasteiger partial charge in [-0.3, -0.25) is 4.79 Å². The van der Waals surface area contributed by atoms with E-state index < -0.39 is 11.1 Å². The van der Waals surface area contributed by atoms with Crippen molar-refractivity contribution < 1.29 is 14.3 Å². The zero-order valence-corrected chi connectivity index (χ0v) is 21.1. The van der Waals surface area contributed by atoms with Crippen LogP contribution in [0.5, 0.6) is 0 Å². The summed E-state index contributed by atoms with van der Waals surface area (Å²) < 4.78 is 5.57. The van der Waals surface area contributed by atoms with E-state index in [0.717, 1.165) is 22.4 Å². The normalized spacial score (nSPS) is 18.6. The zero-order chi connectivity index (χ0) is 24.3. The summed E-state index contributed by atoms with van der Waals surface area (Å²) in [5.41, 5.74) is 3.09. The lowest BCUT2D eigenvalue weighted by molar-refractivity contribution is -0.00490. The number of hydrogen-bond donors (Lipinski definition) is 1. The molecule has 6 nitrogen and oxygen atoms in total. The second-order valence-corrected chi connectivity index (χ2v) is 11.0. The lowest BCUT2D eigenvalue weighted by atomic mass is 9.79. The molecule has 0 saturated carbocycles. The quantitative estimate of drug-likeness (QED) is 0.642. The number of carbonyl (C=O) groups is 2. The van der Waals surface area contributed by atoms with Gasteiger partial charge in [-0.15, -0.1) is 0 Å². The third-order valence-electron chi connectivity index (χ3n) is 6.79. The number of amides is 2. The van der Waals surface area contributed by atoms with E-state index in [1.165, 1.54) is 0 Å². The van der Waals surface area contributed by atoms with Gasteiger partial charge in [0.25, 0.3) is 5.91 Å². The van der Waals surface area contributed by atoms with E-state index >= 15 is 0 Å². The van der Waals surface area contributed by atoms with Crippen molar-refractivity contribution in [1.29, 1.82) is 0 Å². The first-order valence-corrected chi connectivity index (χ1v) is 11.6. The predicted molar refractivity (Wildman–Crippen MR) is 131 cm³/mol. The van der Waals surface area contributed by atoms with Crippen LogP contribution in [-0.4, -0.2) is 47.5 Å². The summed E-state index contributed by atoms with van der Waals surface area (Å²) in [7, 11) is 1.83. The van der Waals surface area contributed by atoms with Crippen molar-refractivity contribution in [3.8, 4) is 0 Å². The van der Waals surface area contributed by atoms with E-state index in [4.69, 9.17) is 16.3 Å². The Labute approximate surface area is 200 Å². The van der Waals surface area contributed by atoms with Crippen molar-refractivity contribution in [2.75, 3.05) is 25.5 Å². The maximum absolute atomic E-state index is 12.9. The van der Waals surface area contributed by atoms with E-state index in [0.29, 0.717) is 23.7 Å². The molecule has 0 atom stereocenters. The fourth-order valence-electron chi connectivity index (χ4n) is 4.73. The molecule has 0 spiro atoms. The molecule has 2 heterocycles. The molecule has 0 bridgehead atoms. The van der Waals surface area contributed by atoms with Gasteiger partial charge >= 0.3 is 6.09 Å². The number of nitrogens with one attached hydrogen (secondary N) is 1. The number of anilines is 1. The highest BCUT2D eigenvalue weighted by Crippen LogP contribution is 2.42. The Morgan fingerprint density at radius 2 is 1.79 bits per heavy atom. The predicted octanol–water partition coefficient (Wildman–Crippen LogP) is 5.53. The highest BCUT2D eigenvalue weighted by Gasteiger charge is 2.49. The van der Waals surface area contributed by atoms with Crippen LogP contribution in [0.2, 0.25) is 5.02 Å². The molecule has 2 aromatic rings. The van der Waals surface area contributed by atoms with Crippen LogP contribution in [-0.2, 0) is 15.8 Å². The van der Waals surface area contributed by atoms with Crippen molar-refractivity contribution in [2.45, 2.75) is 58.2 Å². The van der Waals surface area contributed by atoms with Crippen LogP contribution in [0.15, 0.2) is 36.4 Å². The van der Waals surface area contributed by atoms with E-state index in [2.05, 4.69) is 5.32 Å².